The van der Waals surface area contributed by atoms with Crippen molar-refractivity contribution >= 4 is 55.1 Å². The minimum atomic E-state index is 0.899. The van der Waals surface area contributed by atoms with Gasteiger partial charge in [0.05, 0.1) is 5.69 Å². The molecule has 7 aromatic rings. The fraction of sp³-hybridized carbons (Fsp3) is 0.0455. The summed E-state index contributed by atoms with van der Waals surface area (Å²) in [7, 11) is 2.15. The molecule has 0 saturated heterocycles. The molecule has 7 aromatic carbocycles. The average molecular weight is 593 g/mol. The first-order valence-electron chi connectivity index (χ1n) is 15.7. The van der Waals surface area contributed by atoms with Crippen molar-refractivity contribution in [3.63, 3.8) is 0 Å². The number of nitrogens with zero attached hydrogens (tertiary/aromatic N) is 2. The maximum atomic E-state index is 4.45. The van der Waals surface area contributed by atoms with Gasteiger partial charge in [0.15, 0.2) is 0 Å². The molecular formula is C44H36N2. The number of hydrogen-bond acceptors (Lipinski definition) is 2. The monoisotopic (exact) mass is 592 g/mol. The van der Waals surface area contributed by atoms with Crippen LogP contribution in [0, 0.1) is 0 Å². The van der Waals surface area contributed by atoms with Crippen LogP contribution >= 0.6 is 0 Å². The second-order valence-electron chi connectivity index (χ2n) is 11.5. The van der Waals surface area contributed by atoms with Crippen molar-refractivity contribution in [2.45, 2.75) is 6.92 Å². The highest BCUT2D eigenvalue weighted by atomic mass is 15.1. The number of rotatable bonds is 8. The topological polar surface area (TPSA) is 6.48 Å². The van der Waals surface area contributed by atoms with E-state index in [1.165, 1.54) is 49.1 Å². The third-order valence-electron chi connectivity index (χ3n) is 8.71. The minimum absolute atomic E-state index is 0.899. The quantitative estimate of drug-likeness (QED) is 0.128. The predicted octanol–water partition coefficient (Wildman–Crippen LogP) is 12.4. The standard InChI is InChI=1S/C44H36N2/c1-4-5-6-14-32(2)46(43-22-13-17-35-15-7-10-19-40(35)43)38-29-25-34(26-30-38)33-23-27-37(28-24-33)45(3)44-31-36-16-8-9-18-39(36)41-20-11-12-21-42(41)44/h4-31H,2H2,1,3H3/b5-4-,14-6-. The molecule has 0 amide bonds. The highest BCUT2D eigenvalue weighted by Gasteiger charge is 2.15. The van der Waals surface area contributed by atoms with Crippen LogP contribution in [0.2, 0.25) is 0 Å². The van der Waals surface area contributed by atoms with Crippen molar-refractivity contribution in [2.75, 3.05) is 16.8 Å². The molecular weight excluding hydrogens is 556 g/mol. The zero-order valence-electron chi connectivity index (χ0n) is 26.3. The number of allylic oxidation sites excluding steroid dienone is 4. The van der Waals surface area contributed by atoms with E-state index in [0.29, 0.717) is 0 Å². The van der Waals surface area contributed by atoms with Crippen LogP contribution in [0.15, 0.2) is 182 Å². The largest absolute Gasteiger partial charge is 0.344 e. The lowest BCUT2D eigenvalue weighted by molar-refractivity contribution is 1.22. The lowest BCUT2D eigenvalue weighted by atomic mass is 9.99. The molecule has 0 aliphatic carbocycles. The first kappa shape index (κ1) is 28.9. The summed E-state index contributed by atoms with van der Waals surface area (Å²) in [6.07, 6.45) is 8.14. The summed E-state index contributed by atoms with van der Waals surface area (Å²) in [5, 5.41) is 7.45. The summed E-state index contributed by atoms with van der Waals surface area (Å²) in [5.41, 5.74) is 7.76. The van der Waals surface area contributed by atoms with Crippen molar-refractivity contribution in [3.05, 3.63) is 182 Å². The number of fused-ring (bicyclic) bond motifs is 4. The Kier molecular flexibility index (Phi) is 7.93. The Morgan fingerprint density at radius 2 is 1.09 bits per heavy atom. The van der Waals surface area contributed by atoms with E-state index >= 15 is 0 Å². The third-order valence-corrected chi connectivity index (χ3v) is 8.71. The average Bonchev–Trinajstić information content (AvgIpc) is 3.12. The second-order valence-corrected chi connectivity index (χ2v) is 11.5. The molecule has 0 heterocycles. The molecule has 46 heavy (non-hydrogen) atoms. The molecule has 0 aromatic heterocycles. The van der Waals surface area contributed by atoms with Gasteiger partial charge in [-0.3, -0.25) is 0 Å². The van der Waals surface area contributed by atoms with Crippen molar-refractivity contribution in [1.82, 2.24) is 0 Å². The predicted molar refractivity (Wildman–Crippen MR) is 201 cm³/mol. The molecule has 7 rings (SSSR count). The van der Waals surface area contributed by atoms with Gasteiger partial charge in [0.1, 0.15) is 0 Å². The van der Waals surface area contributed by atoms with Gasteiger partial charge < -0.3 is 9.80 Å². The molecule has 0 fully saturated rings. The summed E-state index contributed by atoms with van der Waals surface area (Å²) in [6, 6.07) is 52.2. The lowest BCUT2D eigenvalue weighted by Gasteiger charge is -2.27. The van der Waals surface area contributed by atoms with Gasteiger partial charge in [-0.15, -0.1) is 0 Å². The van der Waals surface area contributed by atoms with Crippen molar-refractivity contribution in [2.24, 2.45) is 0 Å². The second kappa shape index (κ2) is 12.6. The van der Waals surface area contributed by atoms with Crippen LogP contribution in [-0.2, 0) is 0 Å². The van der Waals surface area contributed by atoms with Gasteiger partial charge >= 0.3 is 0 Å². The zero-order chi connectivity index (χ0) is 31.5. The summed E-state index contributed by atoms with van der Waals surface area (Å²) in [4.78, 5) is 4.52. The molecule has 2 nitrogen and oxygen atoms in total. The maximum Gasteiger partial charge on any atom is 0.0539 e. The first-order chi connectivity index (χ1) is 22.6. The SMILES string of the molecule is C=C(/C=C\C=C/C)N(c1ccc(-c2ccc(N(C)c3cc4ccccc4c4ccccc34)cc2)cc1)c1cccc2ccccc12. The molecule has 0 radical (unpaired) electrons. The fourth-order valence-corrected chi connectivity index (χ4v) is 6.35. The van der Waals surface area contributed by atoms with Gasteiger partial charge in [-0.1, -0.05) is 134 Å². The molecule has 0 saturated carbocycles. The Balaban J connectivity index is 1.20. The third kappa shape index (κ3) is 5.46. The molecule has 0 aliphatic rings. The first-order valence-corrected chi connectivity index (χ1v) is 15.7. The Hall–Kier alpha value is -5.86. The lowest BCUT2D eigenvalue weighted by Crippen LogP contribution is -2.14. The Morgan fingerprint density at radius 3 is 1.78 bits per heavy atom. The molecule has 222 valence electrons. The summed E-state index contributed by atoms with van der Waals surface area (Å²) in [5.74, 6) is 0. The van der Waals surface area contributed by atoms with Crippen LogP contribution in [0.3, 0.4) is 0 Å². The van der Waals surface area contributed by atoms with Crippen LogP contribution in [0.4, 0.5) is 22.7 Å². The summed E-state index contributed by atoms with van der Waals surface area (Å²) in [6.45, 7) is 6.47. The van der Waals surface area contributed by atoms with Gasteiger partial charge in [0.25, 0.3) is 0 Å². The highest BCUT2D eigenvalue weighted by Crippen LogP contribution is 2.39. The normalized spacial score (nSPS) is 11.6. The van der Waals surface area contributed by atoms with Crippen LogP contribution in [0.25, 0.3) is 43.4 Å². The zero-order valence-corrected chi connectivity index (χ0v) is 26.3. The van der Waals surface area contributed by atoms with E-state index < -0.39 is 0 Å². The molecule has 0 bridgehead atoms. The molecule has 0 aliphatic heterocycles. The summed E-state index contributed by atoms with van der Waals surface area (Å²) >= 11 is 0. The van der Waals surface area contributed by atoms with E-state index in [-0.39, 0.29) is 0 Å². The fourth-order valence-electron chi connectivity index (χ4n) is 6.35. The molecule has 0 N–H and O–H groups in total. The molecule has 0 unspecified atom stereocenters. The Morgan fingerprint density at radius 1 is 0.522 bits per heavy atom. The smallest absolute Gasteiger partial charge is 0.0539 e. The van der Waals surface area contributed by atoms with Crippen molar-refractivity contribution in [1.29, 1.82) is 0 Å². The maximum absolute atomic E-state index is 4.45. The number of benzene rings is 7. The van der Waals surface area contributed by atoms with Crippen LogP contribution in [0.5, 0.6) is 0 Å². The van der Waals surface area contributed by atoms with Crippen molar-refractivity contribution < 1.29 is 0 Å². The van der Waals surface area contributed by atoms with E-state index in [9.17, 15) is 0 Å². The highest BCUT2D eigenvalue weighted by molar-refractivity contribution is 6.13. The molecule has 0 atom stereocenters. The Labute approximate surface area is 271 Å². The van der Waals surface area contributed by atoms with Gasteiger partial charge in [0.2, 0.25) is 0 Å². The van der Waals surface area contributed by atoms with Gasteiger partial charge in [-0.05, 0) is 82.1 Å². The van der Waals surface area contributed by atoms with Gasteiger partial charge in [-0.2, -0.15) is 0 Å². The molecule has 0 spiro atoms. The van der Waals surface area contributed by atoms with Gasteiger partial charge in [0, 0.05) is 40.6 Å². The molecule has 2 heteroatoms. The van der Waals surface area contributed by atoms with Gasteiger partial charge in [-0.25, -0.2) is 0 Å². The van der Waals surface area contributed by atoms with E-state index in [0.717, 1.165) is 22.8 Å². The van der Waals surface area contributed by atoms with E-state index in [1.807, 2.05) is 25.2 Å². The van der Waals surface area contributed by atoms with E-state index in [2.05, 4.69) is 175 Å². The number of hydrogen-bond donors (Lipinski definition) is 0. The van der Waals surface area contributed by atoms with Crippen molar-refractivity contribution in [3.8, 4) is 11.1 Å². The van der Waals surface area contributed by atoms with Crippen LogP contribution in [0.1, 0.15) is 6.92 Å². The Bertz CT molecular complexity index is 2230. The van der Waals surface area contributed by atoms with E-state index in [1.54, 1.807) is 0 Å². The van der Waals surface area contributed by atoms with Crippen LogP contribution in [-0.4, -0.2) is 7.05 Å². The van der Waals surface area contributed by atoms with E-state index in [4.69, 9.17) is 0 Å². The number of anilines is 4. The summed E-state index contributed by atoms with van der Waals surface area (Å²) < 4.78 is 0. The minimum Gasteiger partial charge on any atom is -0.344 e. The van der Waals surface area contributed by atoms with Crippen LogP contribution < -0.4 is 9.80 Å².